The van der Waals surface area contributed by atoms with Crippen LogP contribution >= 0.6 is 0 Å². The van der Waals surface area contributed by atoms with Gasteiger partial charge in [0.2, 0.25) is 0 Å². The first-order valence-electron chi connectivity index (χ1n) is 5.66. The van der Waals surface area contributed by atoms with Crippen LogP contribution in [0.3, 0.4) is 0 Å². The Bertz CT molecular complexity index is 352. The molecule has 0 aliphatic carbocycles. The van der Waals surface area contributed by atoms with E-state index >= 15 is 0 Å². The van der Waals surface area contributed by atoms with Gasteiger partial charge >= 0.3 is 5.97 Å². The smallest absolute Gasteiger partial charge is 0.330 e. The molecule has 2 heteroatoms. The summed E-state index contributed by atoms with van der Waals surface area (Å²) in [4.78, 5) is 11.3. The summed E-state index contributed by atoms with van der Waals surface area (Å²) in [6.07, 6.45) is 3.29. The zero-order chi connectivity index (χ0) is 11.8. The summed E-state index contributed by atoms with van der Waals surface area (Å²) in [5, 5.41) is 0. The van der Waals surface area contributed by atoms with Crippen LogP contribution < -0.4 is 0 Å². The molecule has 0 heterocycles. The van der Waals surface area contributed by atoms with Gasteiger partial charge in [-0.25, -0.2) is 4.79 Å². The van der Waals surface area contributed by atoms with Gasteiger partial charge in [-0.05, 0) is 25.3 Å². The highest BCUT2D eigenvalue weighted by Crippen LogP contribution is 2.11. The number of hydrogen-bond donors (Lipinski definition) is 0. The maximum absolute atomic E-state index is 11.3. The summed E-state index contributed by atoms with van der Waals surface area (Å²) in [6, 6.07) is 10.1. The molecule has 0 N–H and O–H groups in total. The Balaban J connectivity index is 2.65. The number of hydrogen-bond acceptors (Lipinski definition) is 2. The Labute approximate surface area is 96.9 Å². The van der Waals surface area contributed by atoms with E-state index in [1.54, 1.807) is 6.08 Å². The van der Waals surface area contributed by atoms with Gasteiger partial charge in [0.25, 0.3) is 0 Å². The number of rotatable bonds is 5. The fraction of sp³-hybridized carbons (Fsp3) is 0.357. The molecule has 0 unspecified atom stereocenters. The highest BCUT2D eigenvalue weighted by atomic mass is 16.5. The van der Waals surface area contributed by atoms with E-state index in [-0.39, 0.29) is 5.97 Å². The van der Waals surface area contributed by atoms with Crippen molar-refractivity contribution in [1.29, 1.82) is 0 Å². The normalized spacial score (nSPS) is 11.2. The van der Waals surface area contributed by atoms with Crippen LogP contribution in [0.1, 0.15) is 25.8 Å². The molecule has 1 aromatic carbocycles. The van der Waals surface area contributed by atoms with Crippen LogP contribution in [0.5, 0.6) is 0 Å². The topological polar surface area (TPSA) is 26.3 Å². The first kappa shape index (κ1) is 12.5. The van der Waals surface area contributed by atoms with E-state index in [1.807, 2.05) is 32.0 Å². The predicted molar refractivity (Wildman–Crippen MR) is 65.2 cm³/mol. The summed E-state index contributed by atoms with van der Waals surface area (Å²) in [5.74, 6) is -0.240. The minimum atomic E-state index is -0.240. The average Bonchev–Trinajstić information content (AvgIpc) is 2.30. The van der Waals surface area contributed by atoms with Crippen molar-refractivity contribution in [2.75, 3.05) is 6.61 Å². The van der Waals surface area contributed by atoms with Crippen molar-refractivity contribution >= 4 is 5.97 Å². The van der Waals surface area contributed by atoms with Crippen molar-refractivity contribution in [3.05, 3.63) is 47.5 Å². The van der Waals surface area contributed by atoms with Crippen LogP contribution in [-0.4, -0.2) is 12.6 Å². The van der Waals surface area contributed by atoms with E-state index in [1.165, 1.54) is 5.56 Å². The maximum atomic E-state index is 11.3. The molecule has 0 amide bonds. The van der Waals surface area contributed by atoms with Crippen molar-refractivity contribution in [2.45, 2.75) is 26.7 Å². The van der Waals surface area contributed by atoms with Gasteiger partial charge in [-0.1, -0.05) is 42.8 Å². The molecule has 0 fully saturated rings. The van der Waals surface area contributed by atoms with Crippen LogP contribution in [-0.2, 0) is 16.0 Å². The van der Waals surface area contributed by atoms with Gasteiger partial charge in [0.15, 0.2) is 0 Å². The lowest BCUT2D eigenvalue weighted by molar-refractivity contribution is -0.137. The van der Waals surface area contributed by atoms with Crippen molar-refractivity contribution in [3.8, 4) is 0 Å². The molecule has 2 nitrogen and oxygen atoms in total. The second-order valence-corrected chi connectivity index (χ2v) is 3.57. The molecule has 0 spiro atoms. The van der Waals surface area contributed by atoms with Crippen LogP contribution in [0.2, 0.25) is 0 Å². The largest absolute Gasteiger partial charge is 0.463 e. The van der Waals surface area contributed by atoms with Crippen LogP contribution in [0.25, 0.3) is 0 Å². The van der Waals surface area contributed by atoms with E-state index in [0.29, 0.717) is 6.61 Å². The van der Waals surface area contributed by atoms with Crippen LogP contribution in [0, 0.1) is 0 Å². The van der Waals surface area contributed by atoms with Gasteiger partial charge in [0, 0.05) is 6.08 Å². The third-order valence-corrected chi connectivity index (χ3v) is 2.34. The highest BCUT2D eigenvalue weighted by Gasteiger charge is 2.02. The molecule has 1 aromatic rings. The van der Waals surface area contributed by atoms with Gasteiger partial charge in [-0.3, -0.25) is 0 Å². The fourth-order valence-electron chi connectivity index (χ4n) is 1.49. The van der Waals surface area contributed by atoms with Crippen molar-refractivity contribution in [2.24, 2.45) is 0 Å². The fourth-order valence-corrected chi connectivity index (χ4v) is 1.49. The zero-order valence-corrected chi connectivity index (χ0v) is 9.90. The van der Waals surface area contributed by atoms with E-state index in [9.17, 15) is 4.79 Å². The van der Waals surface area contributed by atoms with E-state index < -0.39 is 0 Å². The Hall–Kier alpha value is -1.57. The van der Waals surface area contributed by atoms with Gasteiger partial charge in [0.05, 0.1) is 6.61 Å². The Morgan fingerprint density at radius 3 is 2.50 bits per heavy atom. The molecule has 0 aliphatic rings. The average molecular weight is 218 g/mol. The summed E-state index contributed by atoms with van der Waals surface area (Å²) in [5.41, 5.74) is 2.32. The molecule has 1 rings (SSSR count). The lowest BCUT2D eigenvalue weighted by atomic mass is 10.0. The van der Waals surface area contributed by atoms with Crippen molar-refractivity contribution in [1.82, 2.24) is 0 Å². The lowest BCUT2D eigenvalue weighted by Gasteiger charge is -2.04. The first-order valence-corrected chi connectivity index (χ1v) is 5.66. The van der Waals surface area contributed by atoms with Gasteiger partial charge < -0.3 is 4.74 Å². The zero-order valence-electron chi connectivity index (χ0n) is 9.90. The summed E-state index contributed by atoms with van der Waals surface area (Å²) < 4.78 is 4.90. The second kappa shape index (κ2) is 6.83. The molecule has 0 saturated heterocycles. The maximum Gasteiger partial charge on any atom is 0.330 e. The van der Waals surface area contributed by atoms with Crippen LogP contribution in [0.15, 0.2) is 42.0 Å². The molecule has 0 saturated carbocycles. The number of allylic oxidation sites excluding steroid dienone is 1. The molecule has 0 atom stereocenters. The molecule has 0 radical (unpaired) electrons. The monoisotopic (exact) mass is 218 g/mol. The van der Waals surface area contributed by atoms with Gasteiger partial charge in [0.1, 0.15) is 0 Å². The minimum Gasteiger partial charge on any atom is -0.463 e. The summed E-state index contributed by atoms with van der Waals surface area (Å²) in [6.45, 7) is 4.29. The van der Waals surface area contributed by atoms with Crippen molar-refractivity contribution in [3.63, 3.8) is 0 Å². The highest BCUT2D eigenvalue weighted by molar-refractivity contribution is 5.82. The van der Waals surface area contributed by atoms with E-state index in [2.05, 4.69) is 12.1 Å². The molecular formula is C14H18O2. The van der Waals surface area contributed by atoms with Crippen molar-refractivity contribution < 1.29 is 9.53 Å². The molecule has 0 aromatic heterocycles. The standard InChI is InChI=1S/C14H18O2/c1-3-12(11-14(15)16-4-2)10-13-8-6-5-7-9-13/h5-9,11H,3-4,10H2,1-2H3/b12-11-. The molecular weight excluding hydrogens is 200 g/mol. The molecule has 0 aliphatic heterocycles. The minimum absolute atomic E-state index is 0.240. The number of ether oxygens (including phenoxy) is 1. The van der Waals surface area contributed by atoms with Gasteiger partial charge in [-0.2, -0.15) is 0 Å². The van der Waals surface area contributed by atoms with Crippen LogP contribution in [0.4, 0.5) is 0 Å². The Morgan fingerprint density at radius 1 is 1.25 bits per heavy atom. The molecule has 86 valence electrons. The SMILES string of the molecule is CCOC(=O)/C=C(/CC)Cc1ccccc1. The lowest BCUT2D eigenvalue weighted by Crippen LogP contribution is -2.02. The first-order chi connectivity index (χ1) is 7.76. The summed E-state index contributed by atoms with van der Waals surface area (Å²) >= 11 is 0. The number of carbonyl (C=O) groups is 1. The number of benzene rings is 1. The predicted octanol–water partition coefficient (Wildman–Crippen LogP) is 3.13. The Kier molecular flexibility index (Phi) is 5.34. The second-order valence-electron chi connectivity index (χ2n) is 3.57. The molecule has 0 bridgehead atoms. The third-order valence-electron chi connectivity index (χ3n) is 2.34. The number of carbonyl (C=O) groups excluding carboxylic acids is 1. The quantitative estimate of drug-likeness (QED) is 0.560. The van der Waals surface area contributed by atoms with E-state index in [4.69, 9.17) is 4.74 Å². The Morgan fingerprint density at radius 2 is 1.94 bits per heavy atom. The third kappa shape index (κ3) is 4.30. The van der Waals surface area contributed by atoms with E-state index in [0.717, 1.165) is 18.4 Å². The number of esters is 1. The molecule has 16 heavy (non-hydrogen) atoms. The van der Waals surface area contributed by atoms with Gasteiger partial charge in [-0.15, -0.1) is 0 Å². The summed E-state index contributed by atoms with van der Waals surface area (Å²) in [7, 11) is 0.